The van der Waals surface area contributed by atoms with E-state index in [0.717, 1.165) is 5.56 Å². The van der Waals surface area contributed by atoms with Crippen LogP contribution in [0.4, 0.5) is 10.2 Å². The molecule has 0 atom stereocenters. The Bertz CT molecular complexity index is 1190. The van der Waals surface area contributed by atoms with Crippen LogP contribution in [0.2, 0.25) is 0 Å². The summed E-state index contributed by atoms with van der Waals surface area (Å²) in [5, 5.41) is 16.5. The standard InChI is InChI=1S/C20H14BFN4O2/c21-15-11-24-26-18(23-10-12-4-3-5-13(8-12)20(27)28)9-17(25-19(15)26)14-6-1-2-7-16(14)22/h1-9,11,23H,10H2,(H,27,28). The number of fused-ring (bicyclic) bond motifs is 1. The molecule has 136 valence electrons. The summed E-state index contributed by atoms with van der Waals surface area (Å²) in [4.78, 5) is 15.6. The largest absolute Gasteiger partial charge is 0.478 e. The molecule has 0 aliphatic heterocycles. The van der Waals surface area contributed by atoms with E-state index in [4.69, 9.17) is 13.0 Å². The number of nitrogens with zero attached hydrogens (tertiary/aromatic N) is 3. The Labute approximate surface area is 161 Å². The van der Waals surface area contributed by atoms with Crippen LogP contribution in [0.15, 0.2) is 60.8 Å². The van der Waals surface area contributed by atoms with Crippen molar-refractivity contribution in [1.82, 2.24) is 14.6 Å². The molecule has 0 amide bonds. The van der Waals surface area contributed by atoms with Gasteiger partial charge in [-0.2, -0.15) is 9.61 Å². The lowest BCUT2D eigenvalue weighted by atomic mass is 10.0. The Morgan fingerprint density at radius 2 is 2.00 bits per heavy atom. The van der Waals surface area contributed by atoms with Gasteiger partial charge in [0.05, 0.1) is 11.3 Å². The molecule has 4 rings (SSSR count). The molecule has 0 spiro atoms. The van der Waals surface area contributed by atoms with E-state index in [1.54, 1.807) is 36.4 Å². The van der Waals surface area contributed by atoms with Gasteiger partial charge in [0.25, 0.3) is 0 Å². The second-order valence-electron chi connectivity index (χ2n) is 6.20. The monoisotopic (exact) mass is 372 g/mol. The molecule has 28 heavy (non-hydrogen) atoms. The number of carboxylic acids is 1. The molecule has 2 radical (unpaired) electrons. The summed E-state index contributed by atoms with van der Waals surface area (Å²) in [6.07, 6.45) is 1.48. The van der Waals surface area contributed by atoms with Crippen LogP contribution in [0.5, 0.6) is 0 Å². The molecule has 0 unspecified atom stereocenters. The normalized spacial score (nSPS) is 10.9. The average Bonchev–Trinajstić information content (AvgIpc) is 3.08. The molecule has 8 heteroatoms. The van der Waals surface area contributed by atoms with E-state index >= 15 is 0 Å². The first-order chi connectivity index (χ1) is 13.5. The van der Waals surface area contributed by atoms with Crippen LogP contribution < -0.4 is 10.8 Å². The van der Waals surface area contributed by atoms with Crippen molar-refractivity contribution in [3.63, 3.8) is 0 Å². The molecule has 0 bridgehead atoms. The lowest BCUT2D eigenvalue weighted by molar-refractivity contribution is 0.0696. The van der Waals surface area contributed by atoms with Crippen molar-refractivity contribution in [2.24, 2.45) is 0 Å². The summed E-state index contributed by atoms with van der Waals surface area (Å²) >= 11 is 0. The molecule has 0 saturated carbocycles. The second kappa shape index (κ2) is 7.15. The minimum Gasteiger partial charge on any atom is -0.478 e. The average molecular weight is 372 g/mol. The summed E-state index contributed by atoms with van der Waals surface area (Å²) in [7, 11) is 5.96. The Kier molecular flexibility index (Phi) is 4.53. The molecule has 2 aromatic heterocycles. The fraction of sp³-hybridized carbons (Fsp3) is 0.0500. The zero-order valence-corrected chi connectivity index (χ0v) is 14.6. The Balaban J connectivity index is 1.73. The molecule has 0 fully saturated rings. The Morgan fingerprint density at radius 1 is 1.18 bits per heavy atom. The van der Waals surface area contributed by atoms with Crippen molar-refractivity contribution in [2.75, 3.05) is 5.32 Å². The number of aromatic carboxylic acids is 1. The van der Waals surface area contributed by atoms with Crippen molar-refractivity contribution >= 4 is 30.7 Å². The summed E-state index contributed by atoms with van der Waals surface area (Å²) in [5.41, 5.74) is 2.52. The Hall–Kier alpha value is -3.68. The van der Waals surface area contributed by atoms with E-state index in [2.05, 4.69) is 15.4 Å². The fourth-order valence-corrected chi connectivity index (χ4v) is 2.92. The van der Waals surface area contributed by atoms with Gasteiger partial charge < -0.3 is 10.4 Å². The van der Waals surface area contributed by atoms with E-state index in [-0.39, 0.29) is 5.56 Å². The molecule has 0 saturated heterocycles. The number of carbonyl (C=O) groups is 1. The Morgan fingerprint density at radius 3 is 2.79 bits per heavy atom. The maximum absolute atomic E-state index is 14.2. The van der Waals surface area contributed by atoms with Crippen molar-refractivity contribution < 1.29 is 14.3 Å². The predicted molar refractivity (Wildman–Crippen MR) is 104 cm³/mol. The molecule has 2 heterocycles. The topological polar surface area (TPSA) is 79.5 Å². The van der Waals surface area contributed by atoms with Crippen LogP contribution >= 0.6 is 0 Å². The number of nitrogens with one attached hydrogen (secondary N) is 1. The number of halogens is 1. The third kappa shape index (κ3) is 3.32. The van der Waals surface area contributed by atoms with Gasteiger partial charge in [0.2, 0.25) is 0 Å². The molecule has 6 nitrogen and oxygen atoms in total. The van der Waals surface area contributed by atoms with E-state index in [1.165, 1.54) is 22.8 Å². The minimum atomic E-state index is -0.991. The SMILES string of the molecule is [B]c1cnn2c(NCc3cccc(C(=O)O)c3)cc(-c3ccccc3F)nc12. The summed E-state index contributed by atoms with van der Waals surface area (Å²) in [6.45, 7) is 0.344. The van der Waals surface area contributed by atoms with Crippen LogP contribution in [0.25, 0.3) is 16.9 Å². The predicted octanol–water partition coefficient (Wildman–Crippen LogP) is 2.64. The zero-order valence-electron chi connectivity index (χ0n) is 14.6. The molecular weight excluding hydrogens is 358 g/mol. The van der Waals surface area contributed by atoms with Gasteiger partial charge in [0.15, 0.2) is 5.65 Å². The van der Waals surface area contributed by atoms with Gasteiger partial charge in [-0.25, -0.2) is 14.2 Å². The van der Waals surface area contributed by atoms with Crippen LogP contribution in [-0.2, 0) is 6.54 Å². The zero-order chi connectivity index (χ0) is 19.7. The number of hydrogen-bond acceptors (Lipinski definition) is 4. The highest BCUT2D eigenvalue weighted by atomic mass is 19.1. The quantitative estimate of drug-likeness (QED) is 0.527. The number of carboxylic acid groups (broad SMARTS) is 1. The minimum absolute atomic E-state index is 0.203. The molecule has 2 aromatic carbocycles. The molecule has 0 aliphatic rings. The van der Waals surface area contributed by atoms with E-state index in [9.17, 15) is 9.18 Å². The first-order valence-corrected chi connectivity index (χ1v) is 8.48. The lowest BCUT2D eigenvalue weighted by Crippen LogP contribution is -2.10. The number of rotatable bonds is 5. The molecule has 2 N–H and O–H groups in total. The van der Waals surface area contributed by atoms with Gasteiger partial charge >= 0.3 is 5.97 Å². The van der Waals surface area contributed by atoms with Crippen molar-refractivity contribution in [3.05, 3.63) is 77.7 Å². The first kappa shape index (κ1) is 17.7. The summed E-state index contributed by atoms with van der Waals surface area (Å²) in [6, 6.07) is 14.6. The van der Waals surface area contributed by atoms with Gasteiger partial charge in [-0.15, -0.1) is 0 Å². The van der Waals surface area contributed by atoms with Gasteiger partial charge in [0.1, 0.15) is 19.5 Å². The van der Waals surface area contributed by atoms with Gasteiger partial charge in [0, 0.05) is 24.4 Å². The molecular formula is C20H14BFN4O2. The van der Waals surface area contributed by atoms with Gasteiger partial charge in [-0.1, -0.05) is 24.3 Å². The van der Waals surface area contributed by atoms with E-state index in [0.29, 0.717) is 34.7 Å². The third-order valence-electron chi connectivity index (χ3n) is 4.30. The first-order valence-electron chi connectivity index (χ1n) is 8.48. The highest BCUT2D eigenvalue weighted by molar-refractivity contribution is 6.36. The summed E-state index contributed by atoms with van der Waals surface area (Å²) in [5.74, 6) is -0.826. The smallest absolute Gasteiger partial charge is 0.335 e. The van der Waals surface area contributed by atoms with Crippen LogP contribution in [0.3, 0.4) is 0 Å². The van der Waals surface area contributed by atoms with E-state index < -0.39 is 11.8 Å². The maximum Gasteiger partial charge on any atom is 0.335 e. The second-order valence-corrected chi connectivity index (χ2v) is 6.20. The van der Waals surface area contributed by atoms with Crippen molar-refractivity contribution in [2.45, 2.75) is 6.54 Å². The maximum atomic E-state index is 14.2. The number of benzene rings is 2. The third-order valence-corrected chi connectivity index (χ3v) is 4.30. The van der Waals surface area contributed by atoms with Crippen LogP contribution in [0, 0.1) is 5.82 Å². The van der Waals surface area contributed by atoms with Crippen molar-refractivity contribution in [3.8, 4) is 11.3 Å². The molecule has 0 aliphatic carbocycles. The highest BCUT2D eigenvalue weighted by Crippen LogP contribution is 2.24. The van der Waals surface area contributed by atoms with Gasteiger partial charge in [-0.05, 0) is 35.3 Å². The summed E-state index contributed by atoms with van der Waals surface area (Å²) < 4.78 is 15.8. The number of hydrogen-bond donors (Lipinski definition) is 2. The fourth-order valence-electron chi connectivity index (χ4n) is 2.92. The van der Waals surface area contributed by atoms with E-state index in [1.807, 2.05) is 6.07 Å². The number of aromatic nitrogens is 3. The van der Waals surface area contributed by atoms with Crippen LogP contribution in [0.1, 0.15) is 15.9 Å². The van der Waals surface area contributed by atoms with Crippen LogP contribution in [-0.4, -0.2) is 33.5 Å². The molecule has 4 aromatic rings. The number of anilines is 1. The highest BCUT2D eigenvalue weighted by Gasteiger charge is 2.13. The van der Waals surface area contributed by atoms with Crippen molar-refractivity contribution in [1.29, 1.82) is 0 Å². The lowest BCUT2D eigenvalue weighted by Gasteiger charge is -2.12. The van der Waals surface area contributed by atoms with Gasteiger partial charge in [-0.3, -0.25) is 0 Å².